The molecule has 0 aromatic rings. The molecule has 0 unspecified atom stereocenters. The van der Waals surface area contributed by atoms with Gasteiger partial charge in [-0.3, -0.25) is 5.41 Å². The minimum atomic E-state index is -0.850. The molecule has 0 saturated carbocycles. The first kappa shape index (κ1) is 10.8. The second kappa shape index (κ2) is 4.65. The molecule has 0 heterocycles. The molecule has 0 aliphatic carbocycles. The number of hydrogen-bond donors (Lipinski definition) is 1. The molecule has 0 bridgehead atoms. The molecular formula is C6H18N4P+. The lowest BCUT2D eigenvalue weighted by Gasteiger charge is -2.26. The Morgan fingerprint density at radius 1 is 1.00 bits per heavy atom. The summed E-state index contributed by atoms with van der Waals surface area (Å²) < 4.78 is 6.23. The van der Waals surface area contributed by atoms with Gasteiger partial charge in [-0.25, -0.2) is 4.67 Å². The molecule has 1 N–H and O–H groups in total. The quantitative estimate of drug-likeness (QED) is 0.388. The summed E-state index contributed by atoms with van der Waals surface area (Å²) in [7, 11) is 9.23. The lowest BCUT2D eigenvalue weighted by molar-refractivity contribution is 0.525. The van der Waals surface area contributed by atoms with Crippen molar-refractivity contribution in [3.05, 3.63) is 0 Å². The molecule has 0 aliphatic heterocycles. The van der Waals surface area contributed by atoms with Crippen LogP contribution < -0.4 is 0 Å². The summed E-state index contributed by atoms with van der Waals surface area (Å²) in [6, 6.07) is 0. The number of hydrogen-bond acceptors (Lipinski definition) is 3. The summed E-state index contributed by atoms with van der Waals surface area (Å²) in [4.78, 5) is 0. The van der Waals surface area contributed by atoms with Crippen LogP contribution in [0, 0.1) is 5.41 Å². The topological polar surface area (TPSA) is 33.6 Å². The molecule has 0 radical (unpaired) electrons. The van der Waals surface area contributed by atoms with Crippen LogP contribution in [0.15, 0.2) is 0 Å². The van der Waals surface area contributed by atoms with Crippen molar-refractivity contribution in [2.45, 2.75) is 0 Å². The highest BCUT2D eigenvalue weighted by molar-refractivity contribution is 7.50. The van der Waals surface area contributed by atoms with Crippen LogP contribution in [0.4, 0.5) is 0 Å². The van der Waals surface area contributed by atoms with E-state index >= 15 is 0 Å². The zero-order chi connectivity index (χ0) is 9.02. The van der Waals surface area contributed by atoms with E-state index in [2.05, 4.69) is 9.34 Å². The number of rotatable bonds is 4. The van der Waals surface area contributed by atoms with E-state index in [-0.39, 0.29) is 0 Å². The van der Waals surface area contributed by atoms with E-state index in [9.17, 15) is 0 Å². The van der Waals surface area contributed by atoms with Crippen molar-refractivity contribution in [2.75, 3.05) is 35.2 Å². The normalized spacial score (nSPS) is 11.3. The van der Waals surface area contributed by atoms with Gasteiger partial charge in [0.2, 0.25) is 8.37 Å². The van der Waals surface area contributed by atoms with E-state index in [0.29, 0.717) is 0 Å². The minimum Gasteiger partial charge on any atom is -0.288 e. The average Bonchev–Trinajstić information content (AvgIpc) is 1.85. The smallest absolute Gasteiger partial charge is 0.236 e. The Bertz CT molecular complexity index is 118. The Hall–Kier alpha value is -0.180. The largest absolute Gasteiger partial charge is 0.288 e. The highest BCUT2D eigenvalue weighted by Gasteiger charge is 2.25. The predicted octanol–water partition coefficient (Wildman–Crippen LogP) is 0.608. The summed E-state index contributed by atoms with van der Waals surface area (Å²) in [6.07, 6.45) is 1.37. The molecule has 0 aliphatic rings. The second-order valence-electron chi connectivity index (χ2n) is 2.83. The number of nitrogens with one attached hydrogen (secondary N) is 1. The third-order valence-electron chi connectivity index (χ3n) is 1.31. The summed E-state index contributed by atoms with van der Waals surface area (Å²) >= 11 is 0. The van der Waals surface area contributed by atoms with Crippen LogP contribution in [0.25, 0.3) is 0 Å². The SMILES string of the molecule is CN(C)[PH+](N(C)C)N(C)C=N. The first-order valence-corrected chi connectivity index (χ1v) is 4.80. The Labute approximate surface area is 70.2 Å². The van der Waals surface area contributed by atoms with Crippen molar-refractivity contribution in [3.8, 4) is 0 Å². The second-order valence-corrected chi connectivity index (χ2v) is 5.92. The van der Waals surface area contributed by atoms with Crippen LogP contribution in [0.3, 0.4) is 0 Å². The van der Waals surface area contributed by atoms with Crippen molar-refractivity contribution in [1.82, 2.24) is 14.0 Å². The first-order valence-electron chi connectivity index (χ1n) is 3.45. The van der Waals surface area contributed by atoms with Crippen LogP contribution in [-0.4, -0.2) is 55.6 Å². The van der Waals surface area contributed by atoms with Crippen molar-refractivity contribution >= 4 is 14.7 Å². The molecule has 0 spiro atoms. The van der Waals surface area contributed by atoms with Gasteiger partial charge in [-0.2, -0.15) is 9.34 Å². The highest BCUT2D eigenvalue weighted by Crippen LogP contribution is 2.41. The van der Waals surface area contributed by atoms with Gasteiger partial charge in [0.1, 0.15) is 6.34 Å². The third-order valence-corrected chi connectivity index (χ3v) is 3.67. The lowest BCUT2D eigenvalue weighted by atomic mass is 11.2. The molecule has 5 heteroatoms. The van der Waals surface area contributed by atoms with E-state index < -0.39 is 8.37 Å². The van der Waals surface area contributed by atoms with Crippen molar-refractivity contribution in [3.63, 3.8) is 0 Å². The molecule has 4 nitrogen and oxygen atoms in total. The molecule has 66 valence electrons. The maximum Gasteiger partial charge on any atom is 0.236 e. The van der Waals surface area contributed by atoms with E-state index in [0.717, 1.165) is 0 Å². The van der Waals surface area contributed by atoms with Crippen molar-refractivity contribution < 1.29 is 0 Å². The summed E-state index contributed by atoms with van der Waals surface area (Å²) in [6.45, 7) is 0. The van der Waals surface area contributed by atoms with Gasteiger partial charge in [0.15, 0.2) is 0 Å². The summed E-state index contributed by atoms with van der Waals surface area (Å²) in [5.74, 6) is 0. The molecule has 0 rings (SSSR count). The van der Waals surface area contributed by atoms with Gasteiger partial charge in [0.25, 0.3) is 0 Å². The maximum absolute atomic E-state index is 7.10. The van der Waals surface area contributed by atoms with Gasteiger partial charge in [-0.05, 0) is 0 Å². The van der Waals surface area contributed by atoms with Gasteiger partial charge < -0.3 is 0 Å². The molecule has 0 aromatic carbocycles. The van der Waals surface area contributed by atoms with Gasteiger partial charge in [0.05, 0.1) is 0 Å². The Balaban J connectivity index is 4.20. The fourth-order valence-electron chi connectivity index (χ4n) is 1.09. The van der Waals surface area contributed by atoms with Crippen LogP contribution in [0.1, 0.15) is 0 Å². The van der Waals surface area contributed by atoms with Crippen LogP contribution in [0.2, 0.25) is 0 Å². The fourth-order valence-corrected chi connectivity index (χ4v) is 3.27. The Morgan fingerprint density at radius 3 is 1.45 bits per heavy atom. The molecule has 0 saturated heterocycles. The Morgan fingerprint density at radius 2 is 1.36 bits per heavy atom. The zero-order valence-electron chi connectivity index (χ0n) is 7.92. The minimum absolute atomic E-state index is 0.850. The first-order chi connectivity index (χ1) is 5.00. The average molecular weight is 177 g/mol. The molecule has 0 fully saturated rings. The fraction of sp³-hybridized carbons (Fsp3) is 0.833. The third kappa shape index (κ3) is 3.14. The zero-order valence-corrected chi connectivity index (χ0v) is 8.92. The van der Waals surface area contributed by atoms with Gasteiger partial charge in [-0.1, -0.05) is 0 Å². The summed E-state index contributed by atoms with van der Waals surface area (Å²) in [5.41, 5.74) is 0. The summed E-state index contributed by atoms with van der Waals surface area (Å²) in [5, 5.41) is 7.10. The van der Waals surface area contributed by atoms with Crippen molar-refractivity contribution in [1.29, 1.82) is 5.41 Å². The highest BCUT2D eigenvalue weighted by atomic mass is 31.2. The van der Waals surface area contributed by atoms with E-state index in [1.54, 1.807) is 0 Å². The van der Waals surface area contributed by atoms with Gasteiger partial charge in [0, 0.05) is 35.2 Å². The van der Waals surface area contributed by atoms with Gasteiger partial charge in [-0.15, -0.1) is 0 Å². The standard InChI is InChI=1S/C6H17N4P/c1-8(2)11(9(3)4)10(5)6-7/h6-7H,1-5H3/p+1. The molecule has 0 amide bonds. The van der Waals surface area contributed by atoms with Crippen molar-refractivity contribution in [2.24, 2.45) is 0 Å². The molecule has 0 aromatic heterocycles. The maximum atomic E-state index is 7.10. The van der Waals surface area contributed by atoms with Crippen LogP contribution >= 0.6 is 8.37 Å². The van der Waals surface area contributed by atoms with Gasteiger partial charge >= 0.3 is 0 Å². The molecule has 0 atom stereocenters. The molecule has 11 heavy (non-hydrogen) atoms. The monoisotopic (exact) mass is 177 g/mol. The van der Waals surface area contributed by atoms with Crippen LogP contribution in [-0.2, 0) is 0 Å². The van der Waals surface area contributed by atoms with E-state index in [1.165, 1.54) is 6.34 Å². The van der Waals surface area contributed by atoms with E-state index in [4.69, 9.17) is 5.41 Å². The Kier molecular flexibility index (Phi) is 4.57. The molecular weight excluding hydrogens is 159 g/mol. The lowest BCUT2D eigenvalue weighted by Crippen LogP contribution is -2.27. The van der Waals surface area contributed by atoms with Crippen LogP contribution in [0.5, 0.6) is 0 Å². The number of nitrogens with zero attached hydrogens (tertiary/aromatic N) is 3. The van der Waals surface area contributed by atoms with E-state index in [1.807, 2.05) is 39.9 Å². The predicted molar refractivity (Wildman–Crippen MR) is 52.2 cm³/mol.